The second-order valence-electron chi connectivity index (χ2n) is 5.31. The standard InChI is InChI=1S/C9H8Br2O/c10-8-2-1-3(8)5-6(8)4(2)9(5,11)7(1)12/h1-7,12H/t1?,2-,3+,4-,5-,6?,7+,8?,9?/m0/s1. The topological polar surface area (TPSA) is 20.2 Å². The van der Waals surface area contributed by atoms with Gasteiger partial charge in [-0.3, -0.25) is 0 Å². The van der Waals surface area contributed by atoms with Gasteiger partial charge in [0.25, 0.3) is 0 Å². The van der Waals surface area contributed by atoms with E-state index < -0.39 is 0 Å². The average molecular weight is 292 g/mol. The molecule has 1 nitrogen and oxygen atoms in total. The lowest BCUT2D eigenvalue weighted by Crippen LogP contribution is -2.93. The Kier molecular flexibility index (Phi) is 0.660. The molecule has 6 rings (SSSR count). The summed E-state index contributed by atoms with van der Waals surface area (Å²) in [4.78, 5) is 0. The third kappa shape index (κ3) is 0.255. The van der Waals surface area contributed by atoms with E-state index in [0.717, 1.165) is 29.6 Å². The molecule has 0 aromatic rings. The van der Waals surface area contributed by atoms with Crippen LogP contribution in [0.1, 0.15) is 0 Å². The van der Waals surface area contributed by atoms with E-state index in [0.29, 0.717) is 10.2 Å². The van der Waals surface area contributed by atoms with Gasteiger partial charge in [0.15, 0.2) is 0 Å². The minimum atomic E-state index is -0.0214. The van der Waals surface area contributed by atoms with Gasteiger partial charge in [-0.1, -0.05) is 31.9 Å². The first-order valence-electron chi connectivity index (χ1n) is 4.70. The number of aliphatic hydroxyl groups is 1. The van der Waals surface area contributed by atoms with Crippen molar-refractivity contribution in [3.05, 3.63) is 0 Å². The molecule has 6 saturated carbocycles. The van der Waals surface area contributed by atoms with Crippen LogP contribution in [0.15, 0.2) is 0 Å². The summed E-state index contributed by atoms with van der Waals surface area (Å²) in [5.41, 5.74) is 0. The molecule has 2 bridgehead atoms. The molecular weight excluding hydrogens is 284 g/mol. The van der Waals surface area contributed by atoms with Crippen molar-refractivity contribution < 1.29 is 5.11 Å². The molecule has 0 amide bonds. The Hall–Kier alpha value is 0.920. The molecule has 0 radical (unpaired) electrons. The van der Waals surface area contributed by atoms with Gasteiger partial charge in [0, 0.05) is 4.32 Å². The highest BCUT2D eigenvalue weighted by Gasteiger charge is 3.04. The first-order chi connectivity index (χ1) is 5.64. The van der Waals surface area contributed by atoms with Gasteiger partial charge < -0.3 is 5.11 Å². The molecule has 1 N–H and O–H groups in total. The van der Waals surface area contributed by atoms with Crippen molar-refractivity contribution in [2.24, 2.45) is 35.5 Å². The molecule has 0 aromatic heterocycles. The van der Waals surface area contributed by atoms with Crippen LogP contribution in [0.2, 0.25) is 0 Å². The van der Waals surface area contributed by atoms with Crippen LogP contribution >= 0.6 is 31.9 Å². The molecule has 0 aromatic carbocycles. The maximum atomic E-state index is 10.0. The van der Waals surface area contributed by atoms with Crippen LogP contribution < -0.4 is 0 Å². The van der Waals surface area contributed by atoms with Gasteiger partial charge in [-0.15, -0.1) is 0 Å². The molecule has 0 heterocycles. The Labute approximate surface area is 87.2 Å². The quantitative estimate of drug-likeness (QED) is 0.669. The summed E-state index contributed by atoms with van der Waals surface area (Å²) in [6.45, 7) is 0. The molecule has 4 unspecified atom stereocenters. The van der Waals surface area contributed by atoms with Crippen LogP contribution in [0.3, 0.4) is 0 Å². The Bertz CT molecular complexity index is 315. The summed E-state index contributed by atoms with van der Waals surface area (Å²) in [5, 5.41) is 10.0. The van der Waals surface area contributed by atoms with E-state index in [1.807, 2.05) is 0 Å². The Morgan fingerprint density at radius 3 is 1.75 bits per heavy atom. The summed E-state index contributed by atoms with van der Waals surface area (Å²) in [7, 11) is 0. The second-order valence-corrected chi connectivity index (χ2v) is 8.05. The predicted molar refractivity (Wildman–Crippen MR) is 50.3 cm³/mol. The van der Waals surface area contributed by atoms with Crippen LogP contribution in [0.4, 0.5) is 0 Å². The maximum absolute atomic E-state index is 10.0. The van der Waals surface area contributed by atoms with E-state index in [-0.39, 0.29) is 10.4 Å². The zero-order chi connectivity index (χ0) is 8.04. The van der Waals surface area contributed by atoms with Gasteiger partial charge in [0.1, 0.15) is 0 Å². The van der Waals surface area contributed by atoms with Gasteiger partial charge in [-0.05, 0) is 35.5 Å². The molecule has 0 saturated heterocycles. The zero-order valence-electron chi connectivity index (χ0n) is 6.24. The zero-order valence-corrected chi connectivity index (χ0v) is 9.42. The summed E-state index contributed by atoms with van der Waals surface area (Å²) < 4.78 is 0.717. The summed E-state index contributed by atoms with van der Waals surface area (Å²) >= 11 is 7.70. The molecule has 6 aliphatic carbocycles. The summed E-state index contributed by atoms with van der Waals surface area (Å²) in [6, 6.07) is 0. The molecule has 3 heteroatoms. The van der Waals surface area contributed by atoms with Crippen molar-refractivity contribution in [2.45, 2.75) is 14.8 Å². The van der Waals surface area contributed by atoms with E-state index in [1.165, 1.54) is 0 Å². The highest BCUT2D eigenvalue weighted by molar-refractivity contribution is 9.10. The van der Waals surface area contributed by atoms with Gasteiger partial charge in [0.2, 0.25) is 0 Å². The van der Waals surface area contributed by atoms with Crippen LogP contribution in [0, 0.1) is 35.5 Å². The van der Waals surface area contributed by atoms with E-state index in [9.17, 15) is 5.11 Å². The third-order valence-electron chi connectivity index (χ3n) is 5.75. The third-order valence-corrected chi connectivity index (χ3v) is 8.86. The number of halogens is 2. The van der Waals surface area contributed by atoms with E-state index in [2.05, 4.69) is 31.9 Å². The van der Waals surface area contributed by atoms with E-state index in [1.54, 1.807) is 0 Å². The average Bonchev–Trinajstić information content (AvgIpc) is 2.21. The summed E-state index contributed by atoms with van der Waals surface area (Å²) in [6.07, 6.45) is -0.0214. The van der Waals surface area contributed by atoms with Crippen LogP contribution in [0.25, 0.3) is 0 Å². The van der Waals surface area contributed by atoms with Crippen LogP contribution in [0.5, 0.6) is 0 Å². The van der Waals surface area contributed by atoms with Crippen LogP contribution in [-0.4, -0.2) is 19.9 Å². The molecule has 6 fully saturated rings. The van der Waals surface area contributed by atoms with Crippen LogP contribution in [-0.2, 0) is 0 Å². The number of hydrogen-bond acceptors (Lipinski definition) is 1. The van der Waals surface area contributed by atoms with Crippen molar-refractivity contribution in [1.82, 2.24) is 0 Å². The molecule has 64 valence electrons. The van der Waals surface area contributed by atoms with Crippen molar-refractivity contribution in [3.8, 4) is 0 Å². The van der Waals surface area contributed by atoms with Crippen molar-refractivity contribution >= 4 is 31.9 Å². The maximum Gasteiger partial charge on any atom is 0.0733 e. The fourth-order valence-corrected chi connectivity index (χ4v) is 8.85. The summed E-state index contributed by atoms with van der Waals surface area (Å²) in [5.74, 6) is 4.89. The lowest BCUT2D eigenvalue weighted by atomic mass is 9.20. The molecule has 0 aliphatic heterocycles. The van der Waals surface area contributed by atoms with Gasteiger partial charge in [0.05, 0.1) is 10.4 Å². The number of rotatable bonds is 0. The van der Waals surface area contributed by atoms with Crippen molar-refractivity contribution in [3.63, 3.8) is 0 Å². The minimum Gasteiger partial charge on any atom is -0.391 e. The Morgan fingerprint density at radius 1 is 0.833 bits per heavy atom. The molecule has 12 heavy (non-hydrogen) atoms. The molecular formula is C9H8Br2O. The lowest BCUT2D eigenvalue weighted by Gasteiger charge is -2.90. The van der Waals surface area contributed by atoms with Crippen molar-refractivity contribution in [1.29, 1.82) is 0 Å². The van der Waals surface area contributed by atoms with E-state index in [4.69, 9.17) is 0 Å². The molecule has 9 atom stereocenters. The van der Waals surface area contributed by atoms with Gasteiger partial charge >= 0.3 is 0 Å². The highest BCUT2D eigenvalue weighted by atomic mass is 79.9. The number of hydrogen-bond donors (Lipinski definition) is 1. The van der Waals surface area contributed by atoms with Crippen molar-refractivity contribution in [2.75, 3.05) is 0 Å². The first kappa shape index (κ1) is 6.41. The Balaban J connectivity index is 1.84. The fourth-order valence-electron chi connectivity index (χ4n) is 5.66. The SMILES string of the molecule is O[C@@H]1C2[C@@H]3[C@H]4C5[C@H]([C@H]2C53Br)C14Br. The highest BCUT2D eigenvalue weighted by Crippen LogP contribution is 3.00. The molecule has 6 aliphatic rings. The minimum absolute atomic E-state index is 0.0214. The smallest absolute Gasteiger partial charge is 0.0733 e. The fraction of sp³-hybridized carbons (Fsp3) is 1.00. The predicted octanol–water partition coefficient (Wildman–Crippen LogP) is 1.38. The van der Waals surface area contributed by atoms with E-state index >= 15 is 0 Å². The lowest BCUT2D eigenvalue weighted by molar-refractivity contribution is -0.337. The largest absolute Gasteiger partial charge is 0.391 e. The second kappa shape index (κ2) is 1.24. The monoisotopic (exact) mass is 290 g/mol. The number of alkyl halides is 2. The van der Waals surface area contributed by atoms with Gasteiger partial charge in [-0.2, -0.15) is 0 Å². The van der Waals surface area contributed by atoms with Gasteiger partial charge in [-0.25, -0.2) is 0 Å². The molecule has 0 spiro atoms. The first-order valence-corrected chi connectivity index (χ1v) is 6.29. The normalized spacial score (nSPS) is 95.8. The number of aliphatic hydroxyl groups excluding tert-OH is 1. The Morgan fingerprint density at radius 2 is 1.33 bits per heavy atom.